The second-order valence-electron chi connectivity index (χ2n) is 5.23. The average Bonchev–Trinajstić information content (AvgIpc) is 3.01. The van der Waals surface area contributed by atoms with Gasteiger partial charge in [0.05, 0.1) is 18.4 Å². The van der Waals surface area contributed by atoms with Gasteiger partial charge in [-0.2, -0.15) is 5.10 Å². The second kappa shape index (κ2) is 7.06. The first kappa shape index (κ1) is 17.2. The van der Waals surface area contributed by atoms with Gasteiger partial charge in [-0.1, -0.05) is 6.07 Å². The summed E-state index contributed by atoms with van der Waals surface area (Å²) in [6, 6.07) is 4.11. The van der Waals surface area contributed by atoms with Gasteiger partial charge in [-0.05, 0) is 40.5 Å². The molecule has 1 amide bonds. The van der Waals surface area contributed by atoms with Gasteiger partial charge in [0.25, 0.3) is 5.91 Å². The van der Waals surface area contributed by atoms with E-state index in [1.165, 1.54) is 29.3 Å². The number of nitrogens with one attached hydrogen (secondary N) is 1. The summed E-state index contributed by atoms with van der Waals surface area (Å²) >= 11 is 3.09. The fourth-order valence-electron chi connectivity index (χ4n) is 2.15. The lowest BCUT2D eigenvalue weighted by Gasteiger charge is -2.14. The number of rotatable bonds is 4. The van der Waals surface area contributed by atoms with E-state index in [1.807, 2.05) is 0 Å². The van der Waals surface area contributed by atoms with Gasteiger partial charge in [0, 0.05) is 16.9 Å². The quantitative estimate of drug-likeness (QED) is 0.720. The molecule has 0 saturated heterocycles. The zero-order valence-electron chi connectivity index (χ0n) is 12.9. The largest absolute Gasteiger partial charge is 0.344 e. The molecule has 1 atom stereocenters. The summed E-state index contributed by atoms with van der Waals surface area (Å²) in [5.41, 5.74) is 0.411. The molecule has 0 fully saturated rings. The number of carbonyl (C=O) groups excluding carboxylic acids is 1. The summed E-state index contributed by atoms with van der Waals surface area (Å²) < 4.78 is 28.5. The molecule has 25 heavy (non-hydrogen) atoms. The third-order valence-corrected chi connectivity index (χ3v) is 3.86. The molecule has 3 aromatic heterocycles. The summed E-state index contributed by atoms with van der Waals surface area (Å²) in [5, 5.41) is 6.48. The van der Waals surface area contributed by atoms with Crippen molar-refractivity contribution in [1.29, 1.82) is 0 Å². The van der Waals surface area contributed by atoms with E-state index in [2.05, 4.69) is 36.3 Å². The Bertz CT molecular complexity index is 913. The minimum Gasteiger partial charge on any atom is -0.344 e. The number of carbonyl (C=O) groups is 1. The van der Waals surface area contributed by atoms with Crippen molar-refractivity contribution in [2.24, 2.45) is 0 Å². The van der Waals surface area contributed by atoms with Crippen LogP contribution in [-0.4, -0.2) is 25.7 Å². The van der Waals surface area contributed by atoms with Crippen LogP contribution in [0.3, 0.4) is 0 Å². The zero-order chi connectivity index (χ0) is 18.0. The highest BCUT2D eigenvalue weighted by Crippen LogP contribution is 2.16. The molecule has 0 spiro atoms. The number of pyridine rings is 2. The molecule has 0 aliphatic rings. The molecule has 3 heterocycles. The number of hydrogen-bond donors (Lipinski definition) is 1. The Morgan fingerprint density at radius 2 is 2.04 bits per heavy atom. The number of hydrogen-bond acceptors (Lipinski definition) is 4. The fourth-order valence-corrected chi connectivity index (χ4v) is 2.45. The van der Waals surface area contributed by atoms with Crippen LogP contribution in [0.4, 0.5) is 8.78 Å². The van der Waals surface area contributed by atoms with Gasteiger partial charge < -0.3 is 5.32 Å². The topological polar surface area (TPSA) is 72.7 Å². The van der Waals surface area contributed by atoms with Gasteiger partial charge in [0.2, 0.25) is 0 Å². The smallest absolute Gasteiger partial charge is 0.273 e. The molecule has 1 N–H and O–H groups in total. The number of halogens is 3. The second-order valence-corrected chi connectivity index (χ2v) is 6.15. The first-order valence-electron chi connectivity index (χ1n) is 7.22. The zero-order valence-corrected chi connectivity index (χ0v) is 14.5. The predicted molar refractivity (Wildman–Crippen MR) is 89.1 cm³/mol. The van der Waals surface area contributed by atoms with Crippen LogP contribution >= 0.6 is 15.9 Å². The van der Waals surface area contributed by atoms with Crippen LogP contribution in [0.1, 0.15) is 29.0 Å². The Morgan fingerprint density at radius 3 is 2.64 bits per heavy atom. The molecule has 0 aromatic carbocycles. The van der Waals surface area contributed by atoms with Crippen molar-refractivity contribution in [2.75, 3.05) is 0 Å². The third kappa shape index (κ3) is 3.87. The number of aromatic nitrogens is 4. The van der Waals surface area contributed by atoms with Crippen LogP contribution in [0.2, 0.25) is 0 Å². The summed E-state index contributed by atoms with van der Waals surface area (Å²) in [6.45, 7) is 1.74. The molecular formula is C16H12BrF2N5O. The Labute approximate surface area is 150 Å². The molecule has 6 nitrogen and oxygen atoms in total. The van der Waals surface area contributed by atoms with Crippen molar-refractivity contribution in [1.82, 2.24) is 25.1 Å². The van der Waals surface area contributed by atoms with Crippen LogP contribution in [-0.2, 0) is 0 Å². The lowest BCUT2D eigenvalue weighted by Crippen LogP contribution is -2.28. The van der Waals surface area contributed by atoms with Gasteiger partial charge in [0.1, 0.15) is 0 Å². The molecule has 0 saturated carbocycles. The molecule has 0 radical (unpaired) electrons. The highest BCUT2D eigenvalue weighted by Gasteiger charge is 2.17. The molecular weight excluding hydrogens is 396 g/mol. The average molecular weight is 408 g/mol. The van der Waals surface area contributed by atoms with Crippen molar-refractivity contribution < 1.29 is 13.6 Å². The summed E-state index contributed by atoms with van der Waals surface area (Å²) in [6.07, 6.45) is 5.17. The molecule has 128 valence electrons. The van der Waals surface area contributed by atoms with E-state index >= 15 is 0 Å². The molecule has 0 aliphatic heterocycles. The third-order valence-electron chi connectivity index (χ3n) is 3.43. The molecule has 0 aliphatic carbocycles. The Morgan fingerprint density at radius 1 is 1.24 bits per heavy atom. The fraction of sp³-hybridized carbons (Fsp3) is 0.125. The van der Waals surface area contributed by atoms with Crippen molar-refractivity contribution in [3.63, 3.8) is 0 Å². The van der Waals surface area contributed by atoms with E-state index in [4.69, 9.17) is 0 Å². The van der Waals surface area contributed by atoms with Gasteiger partial charge in [-0.15, -0.1) is 0 Å². The van der Waals surface area contributed by atoms with Crippen molar-refractivity contribution in [3.8, 4) is 5.82 Å². The van der Waals surface area contributed by atoms with E-state index in [0.717, 1.165) is 6.20 Å². The first-order chi connectivity index (χ1) is 11.9. The first-order valence-corrected chi connectivity index (χ1v) is 8.02. The lowest BCUT2D eigenvalue weighted by atomic mass is 10.1. The van der Waals surface area contributed by atoms with Crippen molar-refractivity contribution >= 4 is 21.8 Å². The standard InChI is InChI=1S/C16H12BrF2N5O/c1-9(23-16(25)15-13(19)4-11(17)6-21-15)10-2-3-14(20-5-10)24-8-12(18)7-22-24/h2-9H,1H3,(H,23,25)/t9-/m0/s1. The van der Waals surface area contributed by atoms with Gasteiger partial charge in [-0.3, -0.25) is 4.79 Å². The number of amides is 1. The van der Waals surface area contributed by atoms with E-state index in [0.29, 0.717) is 15.9 Å². The maximum absolute atomic E-state index is 13.8. The minimum absolute atomic E-state index is 0.286. The van der Waals surface area contributed by atoms with Crippen molar-refractivity contribution in [3.05, 3.63) is 70.4 Å². The molecule has 3 aromatic rings. The normalized spacial score (nSPS) is 12.0. The van der Waals surface area contributed by atoms with Gasteiger partial charge >= 0.3 is 0 Å². The summed E-state index contributed by atoms with van der Waals surface area (Å²) in [4.78, 5) is 20.1. The van der Waals surface area contributed by atoms with Crippen LogP contribution < -0.4 is 5.32 Å². The highest BCUT2D eigenvalue weighted by molar-refractivity contribution is 9.10. The molecule has 0 bridgehead atoms. The van der Waals surface area contributed by atoms with Crippen LogP contribution in [0, 0.1) is 11.6 Å². The monoisotopic (exact) mass is 407 g/mol. The van der Waals surface area contributed by atoms with E-state index in [-0.39, 0.29) is 5.69 Å². The molecule has 3 rings (SSSR count). The van der Waals surface area contributed by atoms with Gasteiger partial charge in [-0.25, -0.2) is 23.4 Å². The van der Waals surface area contributed by atoms with Crippen LogP contribution in [0.25, 0.3) is 5.82 Å². The van der Waals surface area contributed by atoms with Crippen molar-refractivity contribution in [2.45, 2.75) is 13.0 Å². The lowest BCUT2D eigenvalue weighted by molar-refractivity contribution is 0.0930. The van der Waals surface area contributed by atoms with Gasteiger partial charge in [0.15, 0.2) is 23.1 Å². The summed E-state index contributed by atoms with van der Waals surface area (Å²) in [7, 11) is 0. The Kier molecular flexibility index (Phi) is 4.84. The van der Waals surface area contributed by atoms with Crippen LogP contribution in [0.5, 0.6) is 0 Å². The minimum atomic E-state index is -0.715. The summed E-state index contributed by atoms with van der Waals surface area (Å²) in [5.74, 6) is -1.37. The van der Waals surface area contributed by atoms with Crippen LogP contribution in [0.15, 0.2) is 47.5 Å². The SMILES string of the molecule is C[C@H](NC(=O)c1ncc(Br)cc1F)c1ccc(-n2cc(F)cn2)nc1. The Hall–Kier alpha value is -2.68. The maximum atomic E-state index is 13.8. The molecule has 0 unspecified atom stereocenters. The van der Waals surface area contributed by atoms with E-state index in [9.17, 15) is 13.6 Å². The highest BCUT2D eigenvalue weighted by atomic mass is 79.9. The van der Waals surface area contributed by atoms with E-state index < -0.39 is 23.6 Å². The molecule has 9 heteroatoms. The maximum Gasteiger partial charge on any atom is 0.273 e. The number of nitrogens with zero attached hydrogens (tertiary/aromatic N) is 4. The van der Waals surface area contributed by atoms with E-state index in [1.54, 1.807) is 19.1 Å². The Balaban J connectivity index is 1.72. The predicted octanol–water partition coefficient (Wildman–Crippen LogP) is 3.19.